The number of pyridine rings is 1. The van der Waals surface area contributed by atoms with Gasteiger partial charge in [0.2, 0.25) is 0 Å². The first kappa shape index (κ1) is 48.2. The number of aromatic nitrogens is 1. The van der Waals surface area contributed by atoms with Crippen LogP contribution in [0, 0.1) is 17.3 Å². The fourth-order valence-electron chi connectivity index (χ4n) is 10.4. The second kappa shape index (κ2) is 18.2. The van der Waals surface area contributed by atoms with Gasteiger partial charge >= 0.3 is 47.8 Å². The number of carbonyl (C=O) groups excluding carboxylic acids is 8. The highest BCUT2D eigenvalue weighted by Gasteiger charge is 2.92. The molecule has 4 bridgehead atoms. The van der Waals surface area contributed by atoms with Crippen molar-refractivity contribution in [1.29, 1.82) is 0 Å². The van der Waals surface area contributed by atoms with Gasteiger partial charge in [0, 0.05) is 39.8 Å². The lowest BCUT2D eigenvalue weighted by Crippen LogP contribution is -2.89. The van der Waals surface area contributed by atoms with Crippen LogP contribution >= 0.6 is 0 Å². The number of aliphatic hydroxyl groups is 1. The van der Waals surface area contributed by atoms with E-state index in [1.807, 2.05) is 0 Å². The Balaban J connectivity index is 1.65. The van der Waals surface area contributed by atoms with E-state index in [0.717, 1.165) is 34.6 Å². The van der Waals surface area contributed by atoms with Crippen molar-refractivity contribution in [3.05, 3.63) is 101 Å². The number of hydrogen-bond donors (Lipinski definition) is 1. The summed E-state index contributed by atoms with van der Waals surface area (Å²) in [5.41, 5.74) is -10.7. The molecule has 19 heteroatoms. The molecule has 1 aromatic heterocycles. The van der Waals surface area contributed by atoms with Crippen molar-refractivity contribution in [2.24, 2.45) is 17.3 Å². The Kier molecular flexibility index (Phi) is 13.1. The van der Waals surface area contributed by atoms with Gasteiger partial charge in [0.05, 0.1) is 34.2 Å². The van der Waals surface area contributed by atoms with E-state index in [1.165, 1.54) is 80.7 Å². The molecule has 0 radical (unpaired) electrons. The fraction of sp³-hybridized carbons (Fsp3) is 0.479. The van der Waals surface area contributed by atoms with E-state index in [4.69, 9.17) is 42.6 Å². The van der Waals surface area contributed by atoms with E-state index < -0.39 is 138 Å². The molecule has 2 saturated carbocycles. The predicted molar refractivity (Wildman–Crippen MR) is 225 cm³/mol. The predicted octanol–water partition coefficient (Wildman–Crippen LogP) is 3.62. The lowest BCUT2D eigenvalue weighted by molar-refractivity contribution is -0.385. The molecule has 0 amide bonds. The standard InChI is InChI=1S/C48H51NO18/c1-24-25(2)41(54)64-38-36(62-28(5)52)40(66-43(56)31-18-13-10-14-19-31)47(23-59-26(3)50)39(65-42(55)30-16-11-9-12-17-30)35(61-27(4)51)33-37(63-29(6)53)48(47,46(38,8)58)67-45(33,7)22-60-44(57)32-20-15-21-49-34(24)32/h9-21,24-25,33,35-40,58H,22-23H2,1-8H3/t24-,25-,33+,35+,36-,37+,38+,39+,40+,45-,46-,47+,48-/m1/s1. The van der Waals surface area contributed by atoms with E-state index in [-0.39, 0.29) is 22.4 Å². The highest BCUT2D eigenvalue weighted by atomic mass is 16.7. The molecule has 3 heterocycles. The molecule has 1 N–H and O–H groups in total. The third-order valence-corrected chi connectivity index (χ3v) is 13.3. The first-order chi connectivity index (χ1) is 31.6. The maximum Gasteiger partial charge on any atom is 0.340 e. The van der Waals surface area contributed by atoms with Gasteiger partial charge in [0.1, 0.15) is 42.0 Å². The van der Waals surface area contributed by atoms with Gasteiger partial charge in [-0.2, -0.15) is 0 Å². The average Bonchev–Trinajstić information content (AvgIpc) is 3.50. The number of hydrogen-bond acceptors (Lipinski definition) is 19. The Labute approximate surface area is 384 Å². The summed E-state index contributed by atoms with van der Waals surface area (Å²) >= 11 is 0. The van der Waals surface area contributed by atoms with Crippen LogP contribution in [0.15, 0.2) is 79.0 Å². The minimum atomic E-state index is -2.90. The number of cyclic esters (lactones) is 1. The molecule has 1 spiro atoms. The summed E-state index contributed by atoms with van der Waals surface area (Å²) in [7, 11) is 0. The van der Waals surface area contributed by atoms with Gasteiger partial charge in [-0.25, -0.2) is 14.4 Å². The molecule has 2 aliphatic carbocycles. The summed E-state index contributed by atoms with van der Waals surface area (Å²) in [6, 6.07) is 17.8. The Bertz CT molecular complexity index is 2460. The number of ether oxygens (including phenoxy) is 9. The highest BCUT2D eigenvalue weighted by Crippen LogP contribution is 2.70. The van der Waals surface area contributed by atoms with Gasteiger partial charge in [0.15, 0.2) is 30.0 Å². The van der Waals surface area contributed by atoms with E-state index in [0.29, 0.717) is 0 Å². The summed E-state index contributed by atoms with van der Waals surface area (Å²) in [6.07, 6.45) is -11.1. The van der Waals surface area contributed by atoms with Gasteiger partial charge in [-0.05, 0) is 50.2 Å². The Morgan fingerprint density at radius 1 is 0.687 bits per heavy atom. The third kappa shape index (κ3) is 8.17. The number of fused-ring (bicyclic) bond motifs is 5. The number of esters is 8. The summed E-state index contributed by atoms with van der Waals surface area (Å²) < 4.78 is 56.6. The van der Waals surface area contributed by atoms with Gasteiger partial charge in [0.25, 0.3) is 0 Å². The fourth-order valence-corrected chi connectivity index (χ4v) is 10.4. The van der Waals surface area contributed by atoms with Crippen LogP contribution in [0.4, 0.5) is 0 Å². The highest BCUT2D eigenvalue weighted by molar-refractivity contribution is 5.92. The van der Waals surface area contributed by atoms with Gasteiger partial charge in [-0.3, -0.25) is 29.0 Å². The van der Waals surface area contributed by atoms with Gasteiger partial charge in [-0.15, -0.1) is 0 Å². The van der Waals surface area contributed by atoms with E-state index in [2.05, 4.69) is 4.98 Å². The minimum Gasteiger partial charge on any atom is -0.465 e. The molecule has 67 heavy (non-hydrogen) atoms. The summed E-state index contributed by atoms with van der Waals surface area (Å²) in [6.45, 7) is 7.68. The van der Waals surface area contributed by atoms with Crippen molar-refractivity contribution in [2.45, 2.75) is 115 Å². The third-order valence-electron chi connectivity index (χ3n) is 13.3. The van der Waals surface area contributed by atoms with Crippen LogP contribution in [0.2, 0.25) is 0 Å². The summed E-state index contributed by atoms with van der Waals surface area (Å²) in [5.74, 6) is -12.1. The minimum absolute atomic E-state index is 0.0562. The molecule has 356 valence electrons. The summed E-state index contributed by atoms with van der Waals surface area (Å²) in [5, 5.41) is 13.8. The topological polar surface area (TPSA) is 253 Å². The van der Waals surface area contributed by atoms with E-state index >= 15 is 0 Å². The second-order valence-corrected chi connectivity index (χ2v) is 17.7. The van der Waals surface area contributed by atoms with Crippen molar-refractivity contribution in [3.8, 4) is 0 Å². The number of nitrogens with zero attached hydrogens (tertiary/aromatic N) is 1. The zero-order valence-electron chi connectivity index (χ0n) is 38.0. The van der Waals surface area contributed by atoms with Crippen LogP contribution < -0.4 is 0 Å². The first-order valence-electron chi connectivity index (χ1n) is 21.5. The smallest absolute Gasteiger partial charge is 0.340 e. The van der Waals surface area contributed by atoms with Crippen molar-refractivity contribution in [3.63, 3.8) is 0 Å². The van der Waals surface area contributed by atoms with Crippen molar-refractivity contribution >= 4 is 47.8 Å². The molecule has 7 rings (SSSR count). The average molecular weight is 930 g/mol. The van der Waals surface area contributed by atoms with Crippen LogP contribution in [0.25, 0.3) is 0 Å². The normalized spacial score (nSPS) is 34.1. The Morgan fingerprint density at radius 3 is 1.76 bits per heavy atom. The molecule has 13 atom stereocenters. The number of benzene rings is 2. The summed E-state index contributed by atoms with van der Waals surface area (Å²) in [4.78, 5) is 116. The van der Waals surface area contributed by atoms with Crippen molar-refractivity contribution in [2.75, 3.05) is 13.2 Å². The van der Waals surface area contributed by atoms with Crippen LogP contribution in [0.1, 0.15) is 98.1 Å². The molecule has 2 aliphatic heterocycles. The maximum absolute atomic E-state index is 14.7. The lowest BCUT2D eigenvalue weighted by atomic mass is 9.45. The van der Waals surface area contributed by atoms with Crippen LogP contribution in [-0.2, 0) is 66.6 Å². The molecule has 4 aliphatic rings. The Hall–Kier alpha value is -6.73. The SMILES string of the molecule is CC(=O)OC[C@@]12[C@@H](OC(=O)c3ccccc3)[C@@H](OC(C)=O)[C@H]3[C@H](OC(C)=O)[C@]14O[C@]3(C)COC(=O)c1cccnc1[C@H](C)[C@@H](C)C(=O)O[C@@H]([C@@H](OC(C)=O)[C@@H]2OC(=O)c1ccccc1)[C@@]4(C)O. The van der Waals surface area contributed by atoms with E-state index in [1.54, 1.807) is 19.1 Å². The van der Waals surface area contributed by atoms with Crippen LogP contribution in [-0.4, -0.2) is 124 Å². The molecule has 1 saturated heterocycles. The Morgan fingerprint density at radius 2 is 1.22 bits per heavy atom. The molecule has 3 fully saturated rings. The quantitative estimate of drug-likeness (QED) is 0.238. The van der Waals surface area contributed by atoms with E-state index in [9.17, 15) is 43.5 Å². The first-order valence-corrected chi connectivity index (χ1v) is 21.5. The van der Waals surface area contributed by atoms with Crippen molar-refractivity contribution in [1.82, 2.24) is 4.98 Å². The van der Waals surface area contributed by atoms with Crippen LogP contribution in [0.3, 0.4) is 0 Å². The number of rotatable bonds is 9. The maximum atomic E-state index is 14.7. The zero-order chi connectivity index (χ0) is 48.8. The molecule has 3 aromatic rings. The molecule has 19 nitrogen and oxygen atoms in total. The second-order valence-electron chi connectivity index (χ2n) is 17.7. The monoisotopic (exact) mass is 929 g/mol. The number of carbonyl (C=O) groups is 8. The van der Waals surface area contributed by atoms with Gasteiger partial charge in [-0.1, -0.05) is 50.2 Å². The molecular weight excluding hydrogens is 879 g/mol. The van der Waals surface area contributed by atoms with Gasteiger partial charge < -0.3 is 47.7 Å². The molecule has 2 aromatic carbocycles. The van der Waals surface area contributed by atoms with Crippen molar-refractivity contribution < 1.29 is 86.1 Å². The van der Waals surface area contributed by atoms with Crippen LogP contribution in [0.5, 0.6) is 0 Å². The lowest BCUT2D eigenvalue weighted by Gasteiger charge is -2.67. The zero-order valence-corrected chi connectivity index (χ0v) is 38.0. The largest absolute Gasteiger partial charge is 0.465 e. The molecular formula is C48H51NO18. The molecule has 0 unspecified atom stereocenters.